The average Bonchev–Trinajstić information content (AvgIpc) is 3.14. The average molecular weight is 808 g/mol. The number of aliphatic hydroxyl groups is 4. The van der Waals surface area contributed by atoms with Crippen LogP contribution >= 0.6 is 0 Å². The van der Waals surface area contributed by atoms with Gasteiger partial charge >= 0.3 is 24.0 Å². The van der Waals surface area contributed by atoms with Gasteiger partial charge in [0.05, 0.1) is 35.6 Å². The highest BCUT2D eigenvalue weighted by molar-refractivity contribution is 5.94. The van der Waals surface area contributed by atoms with Crippen LogP contribution in [0.5, 0.6) is 0 Å². The number of rotatable bonds is 8. The molecule has 2 aromatic carbocycles. The predicted octanol–water partition coefficient (Wildman–Crippen LogP) is 3.26. The number of fused-ring (bicyclic) bond motifs is 5. The van der Waals surface area contributed by atoms with Crippen molar-refractivity contribution >= 4 is 29.8 Å². The molecule has 3 aliphatic carbocycles. The number of ether oxygens (including phenoxy) is 5. The Kier molecular flexibility index (Phi) is 11.2. The van der Waals surface area contributed by atoms with E-state index in [0.29, 0.717) is 5.56 Å². The van der Waals surface area contributed by atoms with E-state index in [1.807, 2.05) is 0 Å². The third-order valence-electron chi connectivity index (χ3n) is 12.6. The molecular formula is C43H53NO14. The topological polar surface area (TPSA) is 224 Å². The highest BCUT2D eigenvalue weighted by atomic mass is 16.6. The first kappa shape index (κ1) is 42.9. The molecule has 2 unspecified atom stereocenters. The minimum absolute atomic E-state index is 0.0637. The molecule has 0 spiro atoms. The van der Waals surface area contributed by atoms with E-state index < -0.39 is 112 Å². The Labute approximate surface area is 336 Å². The van der Waals surface area contributed by atoms with Crippen LogP contribution in [0.4, 0.5) is 4.79 Å². The van der Waals surface area contributed by atoms with Gasteiger partial charge in [0, 0.05) is 25.2 Å². The summed E-state index contributed by atoms with van der Waals surface area (Å²) < 4.78 is 29.5. The summed E-state index contributed by atoms with van der Waals surface area (Å²) in [4.78, 5) is 68.9. The molecule has 2 bridgehead atoms. The first-order valence-corrected chi connectivity index (χ1v) is 19.3. The minimum atomic E-state index is -2.35. The summed E-state index contributed by atoms with van der Waals surface area (Å²) in [7, 11) is 0. The molecule has 1 saturated heterocycles. The van der Waals surface area contributed by atoms with Gasteiger partial charge in [-0.05, 0) is 63.5 Å². The molecule has 2 aromatic rings. The van der Waals surface area contributed by atoms with Gasteiger partial charge in [-0.3, -0.25) is 9.59 Å². The molecule has 3 fully saturated rings. The zero-order chi connectivity index (χ0) is 42.7. The molecule has 1 heterocycles. The lowest BCUT2D eigenvalue weighted by Gasteiger charge is -2.67. The molecule has 4 aliphatic rings. The van der Waals surface area contributed by atoms with E-state index in [1.54, 1.807) is 83.1 Å². The summed E-state index contributed by atoms with van der Waals surface area (Å²) in [6, 6.07) is 14.6. The van der Waals surface area contributed by atoms with E-state index in [2.05, 4.69) is 5.32 Å². The van der Waals surface area contributed by atoms with Crippen LogP contribution in [0.25, 0.3) is 0 Å². The molecular weight excluding hydrogens is 754 g/mol. The van der Waals surface area contributed by atoms with Crippen LogP contribution in [-0.2, 0) is 38.1 Å². The van der Waals surface area contributed by atoms with E-state index in [1.165, 1.54) is 26.0 Å². The summed E-state index contributed by atoms with van der Waals surface area (Å²) in [5, 5.41) is 51.6. The Morgan fingerprint density at radius 1 is 0.948 bits per heavy atom. The molecule has 1 amide bonds. The van der Waals surface area contributed by atoms with E-state index in [9.17, 15) is 44.4 Å². The molecule has 15 nitrogen and oxygen atoms in total. The summed E-state index contributed by atoms with van der Waals surface area (Å²) in [5.41, 5.74) is -8.14. The van der Waals surface area contributed by atoms with Gasteiger partial charge in [-0.15, -0.1) is 0 Å². The maximum atomic E-state index is 14.9. The van der Waals surface area contributed by atoms with E-state index >= 15 is 0 Å². The van der Waals surface area contributed by atoms with E-state index in [-0.39, 0.29) is 29.7 Å². The first-order valence-electron chi connectivity index (χ1n) is 19.3. The number of nitrogens with one attached hydrogen (secondary N) is 1. The highest BCUT2D eigenvalue weighted by Gasteiger charge is 2.78. The fourth-order valence-corrected chi connectivity index (χ4v) is 9.56. The van der Waals surface area contributed by atoms with Gasteiger partial charge in [-0.2, -0.15) is 0 Å². The molecule has 314 valence electrons. The van der Waals surface area contributed by atoms with Crippen LogP contribution in [0.3, 0.4) is 0 Å². The van der Waals surface area contributed by atoms with Gasteiger partial charge in [-0.1, -0.05) is 62.4 Å². The molecule has 58 heavy (non-hydrogen) atoms. The maximum absolute atomic E-state index is 14.9. The Morgan fingerprint density at radius 3 is 2.10 bits per heavy atom. The molecule has 11 atom stereocenters. The van der Waals surface area contributed by atoms with Crippen molar-refractivity contribution in [2.45, 2.75) is 128 Å². The number of Topliss-reactive ketones (excluding diaryl/α,β-unsaturated/α-hetero) is 1. The van der Waals surface area contributed by atoms with Crippen molar-refractivity contribution in [3.8, 4) is 0 Å². The Morgan fingerprint density at radius 2 is 1.55 bits per heavy atom. The lowest BCUT2D eigenvalue weighted by atomic mass is 9.44. The number of esters is 3. The molecule has 15 heteroatoms. The van der Waals surface area contributed by atoms with Gasteiger partial charge in [0.15, 0.2) is 17.5 Å². The third kappa shape index (κ3) is 7.10. The van der Waals surface area contributed by atoms with Crippen LogP contribution in [0.15, 0.2) is 71.8 Å². The largest absolute Gasteiger partial charge is 0.456 e. The number of alkyl carbamates (subject to hydrolysis) is 1. The number of aliphatic hydroxyl groups excluding tert-OH is 3. The second-order valence-electron chi connectivity index (χ2n) is 17.6. The van der Waals surface area contributed by atoms with Gasteiger partial charge in [-0.25, -0.2) is 14.4 Å². The maximum Gasteiger partial charge on any atom is 0.408 e. The fourth-order valence-electron chi connectivity index (χ4n) is 9.56. The lowest BCUT2D eigenvalue weighted by molar-refractivity contribution is -0.346. The van der Waals surface area contributed by atoms with Crippen molar-refractivity contribution in [2.24, 2.45) is 16.7 Å². The molecule has 0 aromatic heterocycles. The van der Waals surface area contributed by atoms with Crippen LogP contribution in [0.1, 0.15) is 90.2 Å². The van der Waals surface area contributed by atoms with Crippen molar-refractivity contribution in [3.63, 3.8) is 0 Å². The second kappa shape index (κ2) is 15.2. The third-order valence-corrected chi connectivity index (χ3v) is 12.6. The van der Waals surface area contributed by atoms with E-state index in [4.69, 9.17) is 23.7 Å². The van der Waals surface area contributed by atoms with Crippen molar-refractivity contribution in [1.82, 2.24) is 5.32 Å². The number of ketones is 1. The van der Waals surface area contributed by atoms with Gasteiger partial charge < -0.3 is 49.4 Å². The van der Waals surface area contributed by atoms with Gasteiger partial charge in [0.25, 0.3) is 0 Å². The zero-order valence-electron chi connectivity index (χ0n) is 33.9. The number of carbonyl (C=O) groups excluding carboxylic acids is 5. The lowest BCUT2D eigenvalue weighted by Crippen LogP contribution is -2.81. The summed E-state index contributed by atoms with van der Waals surface area (Å²) in [6.07, 6.45) is -11.5. The summed E-state index contributed by atoms with van der Waals surface area (Å²) in [5.74, 6) is -5.36. The Hall–Kier alpha value is -4.67. The van der Waals surface area contributed by atoms with Crippen molar-refractivity contribution in [3.05, 3.63) is 82.9 Å². The molecule has 0 radical (unpaired) electrons. The fraction of sp³-hybridized carbons (Fsp3) is 0.558. The second-order valence-corrected chi connectivity index (χ2v) is 17.6. The number of hydrogen-bond donors (Lipinski definition) is 5. The quantitative estimate of drug-likeness (QED) is 0.147. The smallest absolute Gasteiger partial charge is 0.408 e. The minimum Gasteiger partial charge on any atom is -0.456 e. The standard InChI is InChI=1S/C43H53NO14/c1-22-26(55-37(51)32(48)30(24-15-11-9-12-16-24)44-38(52)58-39(3,4)5)20-43(53)35(56-36(50)25-17-13-10-14-18-25)33-41(8,34(49)31(47)29(22)40(43,6)7)27(46)19-28-42(33,21-54-28)57-23(2)45/h9-18,26-28,30-33,35,46-48,53H,19-21H2,1-8H3,(H,44,52)/t26-,27-,28-,30-,31+,32+,33-,35-,41?,42-,43?/m0/s1. The SMILES string of the molecule is CC(=O)O[C@@]12CO[C@H]1C[C@H](O)C1(C)C(=O)[C@H](O)C3=C(C)[C@@H](OC(=O)[C@H](O)[C@@H](NC(=O)OC(C)(C)C)c4ccccc4)CC(O)([C@@H](OC(=O)c4ccccc4)[C@@H]12)C3(C)C. The van der Waals surface area contributed by atoms with Crippen LogP contribution in [-0.4, -0.2) is 110 Å². The highest BCUT2D eigenvalue weighted by Crippen LogP contribution is 2.64. The number of hydrogen-bond acceptors (Lipinski definition) is 14. The first-order chi connectivity index (χ1) is 27.0. The van der Waals surface area contributed by atoms with Crippen LogP contribution in [0.2, 0.25) is 0 Å². The molecule has 5 N–H and O–H groups in total. The molecule has 1 aliphatic heterocycles. The van der Waals surface area contributed by atoms with Gasteiger partial charge in [0.2, 0.25) is 0 Å². The van der Waals surface area contributed by atoms with E-state index in [0.717, 1.165) is 6.92 Å². The molecule has 2 saturated carbocycles. The monoisotopic (exact) mass is 807 g/mol. The predicted molar refractivity (Wildman–Crippen MR) is 204 cm³/mol. The Balaban J connectivity index is 1.49. The van der Waals surface area contributed by atoms with Crippen molar-refractivity contribution < 1.29 is 68.1 Å². The Bertz CT molecular complexity index is 1980. The number of carbonyl (C=O) groups is 5. The number of amides is 1. The zero-order valence-corrected chi connectivity index (χ0v) is 33.9. The van der Waals surface area contributed by atoms with Crippen LogP contribution < -0.4 is 5.32 Å². The molecule has 6 rings (SSSR count). The summed E-state index contributed by atoms with van der Waals surface area (Å²) in [6.45, 7) is 11.8. The van der Waals surface area contributed by atoms with Crippen molar-refractivity contribution in [2.75, 3.05) is 6.61 Å². The number of benzene rings is 2. The van der Waals surface area contributed by atoms with Crippen molar-refractivity contribution in [1.29, 1.82) is 0 Å². The normalized spacial score (nSPS) is 33.7. The van der Waals surface area contributed by atoms with Crippen LogP contribution in [0, 0.1) is 16.7 Å². The van der Waals surface area contributed by atoms with Gasteiger partial charge in [0.1, 0.15) is 35.6 Å². The summed E-state index contributed by atoms with van der Waals surface area (Å²) >= 11 is 0.